The van der Waals surface area contributed by atoms with Gasteiger partial charge in [0.2, 0.25) is 5.91 Å². The standard InChI is InChI=1S/C24H43NO4/c1-2-3-4-5-6-7-8-9-10-11-12-13-14-15-16-17-23(26)25-20-18-22(19-21-25)29-24(27)28/h9-10,22H,2-8,11-21H2,1H3,(H,27,28)/b10-9-. The number of amides is 1. The molecule has 168 valence electrons. The third-order valence-corrected chi connectivity index (χ3v) is 5.71. The first-order valence-corrected chi connectivity index (χ1v) is 12.0. The Balaban J connectivity index is 1.88. The van der Waals surface area contributed by atoms with Gasteiger partial charge in [-0.3, -0.25) is 4.79 Å². The van der Waals surface area contributed by atoms with E-state index in [0.717, 1.165) is 12.8 Å². The summed E-state index contributed by atoms with van der Waals surface area (Å²) in [7, 11) is 0. The van der Waals surface area contributed by atoms with Gasteiger partial charge in [-0.15, -0.1) is 0 Å². The number of nitrogens with zero attached hydrogens (tertiary/aromatic N) is 1. The summed E-state index contributed by atoms with van der Waals surface area (Å²) in [6.45, 7) is 3.49. The second-order valence-electron chi connectivity index (χ2n) is 8.30. The van der Waals surface area contributed by atoms with Crippen molar-refractivity contribution in [1.82, 2.24) is 4.90 Å². The number of allylic oxidation sites excluding steroid dienone is 2. The third kappa shape index (κ3) is 14.2. The van der Waals surface area contributed by atoms with Crippen LogP contribution < -0.4 is 0 Å². The first-order chi connectivity index (χ1) is 14.1. The molecule has 0 aromatic rings. The molecule has 1 saturated heterocycles. The first-order valence-electron chi connectivity index (χ1n) is 12.0. The summed E-state index contributed by atoms with van der Waals surface area (Å²) in [6.07, 6.45) is 21.4. The molecule has 0 aromatic carbocycles. The van der Waals surface area contributed by atoms with Crippen molar-refractivity contribution in [3.8, 4) is 0 Å². The Morgan fingerprint density at radius 2 is 1.38 bits per heavy atom. The summed E-state index contributed by atoms with van der Waals surface area (Å²) < 4.78 is 4.78. The lowest BCUT2D eigenvalue weighted by molar-refractivity contribution is -0.133. The van der Waals surface area contributed by atoms with Crippen molar-refractivity contribution in [1.29, 1.82) is 0 Å². The van der Waals surface area contributed by atoms with Gasteiger partial charge >= 0.3 is 6.16 Å². The van der Waals surface area contributed by atoms with Gasteiger partial charge in [0.25, 0.3) is 0 Å². The summed E-state index contributed by atoms with van der Waals surface area (Å²) >= 11 is 0. The fraction of sp³-hybridized carbons (Fsp3) is 0.833. The van der Waals surface area contributed by atoms with Crippen LogP contribution in [0.4, 0.5) is 4.79 Å². The minimum Gasteiger partial charge on any atom is -0.450 e. The van der Waals surface area contributed by atoms with Crippen molar-refractivity contribution < 1.29 is 19.4 Å². The zero-order valence-corrected chi connectivity index (χ0v) is 18.6. The van der Waals surface area contributed by atoms with Crippen LogP contribution in [0.2, 0.25) is 0 Å². The lowest BCUT2D eigenvalue weighted by Gasteiger charge is -2.31. The highest BCUT2D eigenvalue weighted by Gasteiger charge is 2.24. The number of carbonyl (C=O) groups excluding carboxylic acids is 1. The molecule has 1 N–H and O–H groups in total. The van der Waals surface area contributed by atoms with Gasteiger partial charge < -0.3 is 14.7 Å². The van der Waals surface area contributed by atoms with E-state index in [1.54, 1.807) is 0 Å². The summed E-state index contributed by atoms with van der Waals surface area (Å²) in [6, 6.07) is 0. The topological polar surface area (TPSA) is 66.8 Å². The Morgan fingerprint density at radius 1 is 0.862 bits per heavy atom. The number of unbranched alkanes of at least 4 members (excludes halogenated alkanes) is 11. The molecule has 0 unspecified atom stereocenters. The first kappa shape index (κ1) is 25.5. The van der Waals surface area contributed by atoms with Crippen LogP contribution in [0.25, 0.3) is 0 Å². The summed E-state index contributed by atoms with van der Waals surface area (Å²) in [5, 5.41) is 8.64. The molecule has 1 aliphatic heterocycles. The van der Waals surface area contributed by atoms with E-state index < -0.39 is 6.16 Å². The van der Waals surface area contributed by atoms with Crippen LogP contribution in [0, 0.1) is 0 Å². The lowest BCUT2D eigenvalue weighted by Crippen LogP contribution is -2.41. The SMILES string of the molecule is CCCCCCCC/C=C\CCCCCCCC(=O)N1CCC(OC(=O)O)CC1. The predicted octanol–water partition coefficient (Wildman–Crippen LogP) is 6.71. The van der Waals surface area contributed by atoms with Crippen LogP contribution >= 0.6 is 0 Å². The van der Waals surface area contributed by atoms with Gasteiger partial charge in [0.05, 0.1) is 0 Å². The molecule has 29 heavy (non-hydrogen) atoms. The normalized spacial score (nSPS) is 15.1. The van der Waals surface area contributed by atoms with Gasteiger partial charge in [-0.1, -0.05) is 70.4 Å². The number of piperidine rings is 1. The Hall–Kier alpha value is -1.52. The van der Waals surface area contributed by atoms with Crippen molar-refractivity contribution in [2.45, 2.75) is 116 Å². The van der Waals surface area contributed by atoms with Crippen molar-refractivity contribution in [3.63, 3.8) is 0 Å². The molecule has 5 heteroatoms. The van der Waals surface area contributed by atoms with Crippen LogP contribution in [0.3, 0.4) is 0 Å². The van der Waals surface area contributed by atoms with E-state index in [9.17, 15) is 9.59 Å². The zero-order valence-electron chi connectivity index (χ0n) is 18.6. The van der Waals surface area contributed by atoms with Crippen molar-refractivity contribution in [3.05, 3.63) is 12.2 Å². The van der Waals surface area contributed by atoms with Crippen LogP contribution in [0.1, 0.15) is 110 Å². The molecule has 0 aromatic heterocycles. The largest absolute Gasteiger partial charge is 0.506 e. The van der Waals surface area contributed by atoms with Crippen LogP contribution in [-0.2, 0) is 9.53 Å². The van der Waals surface area contributed by atoms with Crippen molar-refractivity contribution in [2.24, 2.45) is 0 Å². The van der Waals surface area contributed by atoms with Crippen LogP contribution in [-0.4, -0.2) is 41.3 Å². The number of hydrogen-bond donors (Lipinski definition) is 1. The van der Waals surface area contributed by atoms with E-state index in [-0.39, 0.29) is 12.0 Å². The number of carbonyl (C=O) groups is 2. The number of carboxylic acid groups (broad SMARTS) is 1. The second-order valence-corrected chi connectivity index (χ2v) is 8.30. The smallest absolute Gasteiger partial charge is 0.450 e. The minimum absolute atomic E-state index is 0.205. The highest BCUT2D eigenvalue weighted by atomic mass is 16.7. The van der Waals surface area contributed by atoms with Crippen LogP contribution in [0.5, 0.6) is 0 Å². The molecule has 0 atom stereocenters. The van der Waals surface area contributed by atoms with Gasteiger partial charge in [-0.25, -0.2) is 4.79 Å². The number of rotatable bonds is 16. The molecule has 1 amide bonds. The molecule has 0 aliphatic carbocycles. The van der Waals surface area contributed by atoms with E-state index in [1.807, 2.05) is 4.90 Å². The molecule has 0 radical (unpaired) electrons. The maximum atomic E-state index is 12.2. The van der Waals surface area contributed by atoms with Gasteiger partial charge in [-0.05, 0) is 32.1 Å². The van der Waals surface area contributed by atoms with Crippen molar-refractivity contribution in [2.75, 3.05) is 13.1 Å². The van der Waals surface area contributed by atoms with Gasteiger partial charge in [-0.2, -0.15) is 0 Å². The fourth-order valence-corrected chi connectivity index (χ4v) is 3.87. The quantitative estimate of drug-likeness (QED) is 0.175. The molecule has 0 bridgehead atoms. The Labute approximate surface area is 177 Å². The number of likely N-dealkylation sites (tertiary alicyclic amines) is 1. The predicted molar refractivity (Wildman–Crippen MR) is 118 cm³/mol. The van der Waals surface area contributed by atoms with E-state index in [2.05, 4.69) is 19.1 Å². The minimum atomic E-state index is -1.22. The Morgan fingerprint density at radius 3 is 1.93 bits per heavy atom. The van der Waals surface area contributed by atoms with E-state index >= 15 is 0 Å². The second kappa shape index (κ2) is 17.3. The van der Waals surface area contributed by atoms with E-state index in [0.29, 0.717) is 32.4 Å². The maximum absolute atomic E-state index is 12.2. The monoisotopic (exact) mass is 409 g/mol. The third-order valence-electron chi connectivity index (χ3n) is 5.71. The fourth-order valence-electron chi connectivity index (χ4n) is 3.87. The lowest BCUT2D eigenvalue weighted by atomic mass is 10.1. The molecule has 1 heterocycles. The molecule has 1 rings (SSSR count). The molecular formula is C24H43NO4. The molecular weight excluding hydrogens is 366 g/mol. The summed E-state index contributed by atoms with van der Waals surface area (Å²) in [4.78, 5) is 24.6. The van der Waals surface area contributed by atoms with Gasteiger partial charge in [0, 0.05) is 32.4 Å². The van der Waals surface area contributed by atoms with Crippen LogP contribution in [0.15, 0.2) is 12.2 Å². The van der Waals surface area contributed by atoms with E-state index in [4.69, 9.17) is 9.84 Å². The number of ether oxygens (including phenoxy) is 1. The van der Waals surface area contributed by atoms with Gasteiger partial charge in [0.15, 0.2) is 0 Å². The van der Waals surface area contributed by atoms with Crippen molar-refractivity contribution >= 4 is 12.1 Å². The van der Waals surface area contributed by atoms with E-state index in [1.165, 1.54) is 70.6 Å². The number of hydrogen-bond acceptors (Lipinski definition) is 3. The molecule has 0 spiro atoms. The highest BCUT2D eigenvalue weighted by molar-refractivity contribution is 5.76. The molecule has 5 nitrogen and oxygen atoms in total. The zero-order chi connectivity index (χ0) is 21.2. The highest BCUT2D eigenvalue weighted by Crippen LogP contribution is 2.16. The Kier molecular flexibility index (Phi) is 15.3. The van der Waals surface area contributed by atoms with Gasteiger partial charge in [0.1, 0.15) is 6.10 Å². The summed E-state index contributed by atoms with van der Waals surface area (Å²) in [5.74, 6) is 0.205. The Bertz CT molecular complexity index is 456. The molecule has 1 fully saturated rings. The average Bonchev–Trinajstić information content (AvgIpc) is 2.71. The molecule has 1 aliphatic rings. The summed E-state index contributed by atoms with van der Waals surface area (Å²) in [5.41, 5.74) is 0. The maximum Gasteiger partial charge on any atom is 0.506 e. The average molecular weight is 410 g/mol. The molecule has 0 saturated carbocycles.